The van der Waals surface area contributed by atoms with Gasteiger partial charge in [0.2, 0.25) is 10.0 Å². The number of sulfonamides is 1. The van der Waals surface area contributed by atoms with E-state index in [1.165, 1.54) is 4.31 Å². The third-order valence-electron chi connectivity index (χ3n) is 4.31. The SMILES string of the molecule is Cc1ccccc1S(=O)(=O)N(C)C1(CN)CCCC1. The van der Waals surface area contributed by atoms with Crippen molar-refractivity contribution in [1.82, 2.24) is 4.31 Å². The van der Waals surface area contributed by atoms with Gasteiger partial charge in [-0.25, -0.2) is 8.42 Å². The highest BCUT2D eigenvalue weighted by Gasteiger charge is 2.42. The highest BCUT2D eigenvalue weighted by atomic mass is 32.2. The Morgan fingerprint density at radius 2 is 1.84 bits per heavy atom. The van der Waals surface area contributed by atoms with Crippen molar-refractivity contribution in [2.24, 2.45) is 5.73 Å². The topological polar surface area (TPSA) is 63.4 Å². The van der Waals surface area contributed by atoms with E-state index >= 15 is 0 Å². The van der Waals surface area contributed by atoms with Gasteiger partial charge in [-0.1, -0.05) is 31.0 Å². The summed E-state index contributed by atoms with van der Waals surface area (Å²) in [6.07, 6.45) is 3.80. The molecular formula is C14H22N2O2S. The maximum absolute atomic E-state index is 12.8. The van der Waals surface area contributed by atoms with Crippen molar-refractivity contribution < 1.29 is 8.42 Å². The summed E-state index contributed by atoms with van der Waals surface area (Å²) in [4.78, 5) is 0.386. The van der Waals surface area contributed by atoms with Gasteiger partial charge in [-0.05, 0) is 31.4 Å². The molecule has 1 fully saturated rings. The minimum atomic E-state index is -3.47. The summed E-state index contributed by atoms with van der Waals surface area (Å²) in [6, 6.07) is 7.10. The number of hydrogen-bond donors (Lipinski definition) is 1. The second-order valence-corrected chi connectivity index (χ2v) is 7.31. The maximum atomic E-state index is 12.8. The highest BCUT2D eigenvalue weighted by molar-refractivity contribution is 7.89. The quantitative estimate of drug-likeness (QED) is 0.917. The number of rotatable bonds is 4. The average Bonchev–Trinajstić information content (AvgIpc) is 2.88. The number of nitrogens with zero attached hydrogens (tertiary/aromatic N) is 1. The predicted molar refractivity (Wildman–Crippen MR) is 76.4 cm³/mol. The molecule has 0 saturated heterocycles. The Morgan fingerprint density at radius 3 is 2.37 bits per heavy atom. The molecule has 1 saturated carbocycles. The summed E-state index contributed by atoms with van der Waals surface area (Å²) in [7, 11) is -1.80. The van der Waals surface area contributed by atoms with E-state index in [-0.39, 0.29) is 0 Å². The monoisotopic (exact) mass is 282 g/mol. The zero-order valence-corrected chi connectivity index (χ0v) is 12.4. The number of hydrogen-bond acceptors (Lipinski definition) is 3. The molecule has 1 aromatic carbocycles. The molecule has 2 N–H and O–H groups in total. The van der Waals surface area contributed by atoms with E-state index < -0.39 is 15.6 Å². The van der Waals surface area contributed by atoms with Gasteiger partial charge in [0.05, 0.1) is 4.90 Å². The van der Waals surface area contributed by atoms with Crippen molar-refractivity contribution in [3.8, 4) is 0 Å². The van der Waals surface area contributed by atoms with Crippen LogP contribution in [0.2, 0.25) is 0 Å². The molecule has 1 aliphatic carbocycles. The summed E-state index contributed by atoms with van der Waals surface area (Å²) < 4.78 is 27.1. The fourth-order valence-electron chi connectivity index (χ4n) is 2.93. The van der Waals surface area contributed by atoms with Crippen LogP contribution in [0.1, 0.15) is 31.2 Å². The average molecular weight is 282 g/mol. The first-order valence-electron chi connectivity index (χ1n) is 6.69. The molecule has 0 heterocycles. The van der Waals surface area contributed by atoms with Crippen LogP contribution in [0, 0.1) is 6.92 Å². The van der Waals surface area contributed by atoms with Gasteiger partial charge in [0.1, 0.15) is 0 Å². The van der Waals surface area contributed by atoms with Crippen LogP contribution in [0.15, 0.2) is 29.2 Å². The van der Waals surface area contributed by atoms with E-state index in [9.17, 15) is 8.42 Å². The fourth-order valence-corrected chi connectivity index (χ4v) is 4.72. The van der Waals surface area contributed by atoms with Crippen molar-refractivity contribution in [3.63, 3.8) is 0 Å². The number of aryl methyl sites for hydroxylation is 1. The van der Waals surface area contributed by atoms with Crippen LogP contribution < -0.4 is 5.73 Å². The van der Waals surface area contributed by atoms with Gasteiger partial charge in [0.25, 0.3) is 0 Å². The van der Waals surface area contributed by atoms with Crippen molar-refractivity contribution in [1.29, 1.82) is 0 Å². The summed E-state index contributed by atoms with van der Waals surface area (Å²) in [5.74, 6) is 0. The van der Waals surface area contributed by atoms with Crippen LogP contribution >= 0.6 is 0 Å². The maximum Gasteiger partial charge on any atom is 0.243 e. The minimum absolute atomic E-state index is 0.384. The van der Waals surface area contributed by atoms with Crippen molar-refractivity contribution in [3.05, 3.63) is 29.8 Å². The van der Waals surface area contributed by atoms with Crippen LogP contribution in [0.3, 0.4) is 0 Å². The predicted octanol–water partition coefficient (Wildman–Crippen LogP) is 1.89. The molecule has 0 aliphatic heterocycles. The molecule has 2 rings (SSSR count). The highest BCUT2D eigenvalue weighted by Crippen LogP contribution is 2.37. The molecule has 0 unspecified atom stereocenters. The van der Waals surface area contributed by atoms with E-state index in [1.54, 1.807) is 19.2 Å². The normalized spacial score (nSPS) is 18.9. The third-order valence-corrected chi connectivity index (χ3v) is 6.44. The molecule has 5 heteroatoms. The molecule has 0 bridgehead atoms. The Labute approximate surface area is 115 Å². The summed E-state index contributed by atoms with van der Waals surface area (Å²) in [6.45, 7) is 2.21. The van der Waals surface area contributed by atoms with Crippen LogP contribution in [0.5, 0.6) is 0 Å². The Balaban J connectivity index is 2.42. The Hall–Kier alpha value is -0.910. The van der Waals surface area contributed by atoms with Crippen LogP contribution in [0.4, 0.5) is 0 Å². The molecule has 106 valence electrons. The Kier molecular flexibility index (Phi) is 3.99. The summed E-state index contributed by atoms with van der Waals surface area (Å²) >= 11 is 0. The van der Waals surface area contributed by atoms with E-state index in [2.05, 4.69) is 0 Å². The van der Waals surface area contributed by atoms with Crippen molar-refractivity contribution >= 4 is 10.0 Å². The van der Waals surface area contributed by atoms with Gasteiger partial charge in [-0.2, -0.15) is 4.31 Å². The van der Waals surface area contributed by atoms with Crippen LogP contribution in [-0.2, 0) is 10.0 Å². The Morgan fingerprint density at radius 1 is 1.26 bits per heavy atom. The van der Waals surface area contributed by atoms with Gasteiger partial charge in [0.15, 0.2) is 0 Å². The number of benzene rings is 1. The van der Waals surface area contributed by atoms with Gasteiger partial charge in [-0.15, -0.1) is 0 Å². The summed E-state index contributed by atoms with van der Waals surface area (Å²) in [5, 5.41) is 0. The molecule has 1 aliphatic rings. The van der Waals surface area contributed by atoms with Crippen molar-refractivity contribution in [2.45, 2.75) is 43.0 Å². The number of nitrogens with two attached hydrogens (primary N) is 1. The van der Waals surface area contributed by atoms with Crippen LogP contribution in [0.25, 0.3) is 0 Å². The largest absolute Gasteiger partial charge is 0.329 e. The van der Waals surface area contributed by atoms with Crippen LogP contribution in [-0.4, -0.2) is 31.9 Å². The zero-order chi connectivity index (χ0) is 14.1. The lowest BCUT2D eigenvalue weighted by Gasteiger charge is -2.37. The smallest absolute Gasteiger partial charge is 0.243 e. The standard InChI is InChI=1S/C14H22N2O2S/c1-12-7-3-4-8-13(12)19(17,18)16(2)14(11-15)9-5-6-10-14/h3-4,7-8H,5-6,9-11,15H2,1-2H3. The lowest BCUT2D eigenvalue weighted by atomic mass is 9.98. The second-order valence-electron chi connectivity index (χ2n) is 5.37. The minimum Gasteiger partial charge on any atom is -0.329 e. The van der Waals surface area contributed by atoms with Gasteiger partial charge < -0.3 is 5.73 Å². The molecule has 4 nitrogen and oxygen atoms in total. The van der Waals surface area contributed by atoms with Gasteiger partial charge in [0, 0.05) is 19.1 Å². The van der Waals surface area contributed by atoms with Crippen molar-refractivity contribution in [2.75, 3.05) is 13.6 Å². The second kappa shape index (κ2) is 5.23. The molecule has 0 spiro atoms. The number of likely N-dealkylation sites (N-methyl/N-ethyl adjacent to an activating group) is 1. The van der Waals surface area contributed by atoms with E-state index in [1.807, 2.05) is 19.1 Å². The third kappa shape index (κ3) is 2.42. The van der Waals surface area contributed by atoms with E-state index in [0.29, 0.717) is 11.4 Å². The molecular weight excluding hydrogens is 260 g/mol. The zero-order valence-electron chi connectivity index (χ0n) is 11.6. The molecule has 0 aromatic heterocycles. The van der Waals surface area contributed by atoms with Gasteiger partial charge >= 0.3 is 0 Å². The molecule has 1 aromatic rings. The first-order chi connectivity index (χ1) is 8.94. The molecule has 19 heavy (non-hydrogen) atoms. The lowest BCUT2D eigenvalue weighted by molar-refractivity contribution is 0.230. The van der Waals surface area contributed by atoms with E-state index in [0.717, 1.165) is 31.2 Å². The fraction of sp³-hybridized carbons (Fsp3) is 0.571. The Bertz CT molecular complexity index is 548. The lowest BCUT2D eigenvalue weighted by Crippen LogP contribution is -2.52. The van der Waals surface area contributed by atoms with Gasteiger partial charge in [-0.3, -0.25) is 0 Å². The summed E-state index contributed by atoms with van der Waals surface area (Å²) in [5.41, 5.74) is 6.25. The molecule has 0 radical (unpaired) electrons. The first kappa shape index (κ1) is 14.5. The molecule has 0 atom stereocenters. The first-order valence-corrected chi connectivity index (χ1v) is 8.13. The van der Waals surface area contributed by atoms with E-state index in [4.69, 9.17) is 5.73 Å². The molecule has 0 amide bonds.